The molecule has 0 aliphatic rings. The Kier molecular flexibility index (Phi) is 6.21. The summed E-state index contributed by atoms with van der Waals surface area (Å²) >= 11 is 0. The first kappa shape index (κ1) is 16.2. The smallest absolute Gasteiger partial charge is 0.239 e. The van der Waals surface area contributed by atoms with Crippen LogP contribution in [0.3, 0.4) is 0 Å². The quantitative estimate of drug-likeness (QED) is 0.791. The van der Waals surface area contributed by atoms with Crippen LogP contribution in [0.5, 0.6) is 0 Å². The topological polar surface area (TPSA) is 70.2 Å². The predicted molar refractivity (Wildman–Crippen MR) is 82.2 cm³/mol. The molecule has 112 valence electrons. The monoisotopic (exact) mass is 279 g/mol. The van der Waals surface area contributed by atoms with E-state index < -0.39 is 0 Å². The molecule has 6 nitrogen and oxygen atoms in total. The van der Waals surface area contributed by atoms with Crippen molar-refractivity contribution in [1.29, 1.82) is 0 Å². The van der Waals surface area contributed by atoms with Crippen LogP contribution in [0.1, 0.15) is 32.2 Å². The second-order valence-corrected chi connectivity index (χ2v) is 4.57. The Hall–Kier alpha value is -1.85. The van der Waals surface area contributed by atoms with Gasteiger partial charge in [-0.25, -0.2) is 9.97 Å². The molecule has 0 fully saturated rings. The summed E-state index contributed by atoms with van der Waals surface area (Å²) < 4.78 is 0. The van der Waals surface area contributed by atoms with Gasteiger partial charge in [0.05, 0.1) is 6.54 Å². The van der Waals surface area contributed by atoms with Crippen LogP contribution in [0, 0.1) is 13.8 Å². The Balaban J connectivity index is 3.05. The molecule has 0 aliphatic carbocycles. The van der Waals surface area contributed by atoms with Crippen LogP contribution in [-0.2, 0) is 4.79 Å². The number of rotatable bonds is 7. The highest BCUT2D eigenvalue weighted by Gasteiger charge is 2.16. The van der Waals surface area contributed by atoms with Crippen molar-refractivity contribution in [3.63, 3.8) is 0 Å². The van der Waals surface area contributed by atoms with Crippen molar-refractivity contribution in [2.45, 2.75) is 34.6 Å². The van der Waals surface area contributed by atoms with Crippen molar-refractivity contribution in [3.05, 3.63) is 11.4 Å². The highest BCUT2D eigenvalue weighted by Crippen LogP contribution is 2.23. The molecule has 20 heavy (non-hydrogen) atoms. The van der Waals surface area contributed by atoms with E-state index >= 15 is 0 Å². The molecular weight excluding hydrogens is 254 g/mol. The van der Waals surface area contributed by atoms with Crippen LogP contribution in [0.25, 0.3) is 0 Å². The zero-order chi connectivity index (χ0) is 15.1. The van der Waals surface area contributed by atoms with E-state index in [1.54, 1.807) is 0 Å². The summed E-state index contributed by atoms with van der Waals surface area (Å²) in [4.78, 5) is 22.6. The average molecular weight is 279 g/mol. The lowest BCUT2D eigenvalue weighted by Crippen LogP contribution is -2.38. The molecule has 1 aromatic rings. The number of anilines is 2. The van der Waals surface area contributed by atoms with Crippen molar-refractivity contribution in [3.8, 4) is 0 Å². The minimum Gasteiger partial charge on any atom is -0.370 e. The Bertz CT molecular complexity index is 461. The molecule has 0 spiro atoms. The van der Waals surface area contributed by atoms with Gasteiger partial charge in [0, 0.05) is 25.2 Å². The van der Waals surface area contributed by atoms with Gasteiger partial charge in [0.2, 0.25) is 5.91 Å². The number of nitrogens with zero attached hydrogens (tertiary/aromatic N) is 3. The molecule has 0 radical (unpaired) electrons. The first-order chi connectivity index (χ1) is 9.53. The molecule has 0 bridgehead atoms. The van der Waals surface area contributed by atoms with Crippen LogP contribution < -0.4 is 15.5 Å². The van der Waals surface area contributed by atoms with Gasteiger partial charge in [-0.1, -0.05) is 0 Å². The van der Waals surface area contributed by atoms with Crippen molar-refractivity contribution in [2.75, 3.05) is 36.4 Å². The summed E-state index contributed by atoms with van der Waals surface area (Å²) in [6, 6.07) is 0. The summed E-state index contributed by atoms with van der Waals surface area (Å²) in [7, 11) is 0. The minimum absolute atomic E-state index is 0.00927. The fourth-order valence-corrected chi connectivity index (χ4v) is 2.02. The second kappa shape index (κ2) is 7.67. The van der Waals surface area contributed by atoms with E-state index in [9.17, 15) is 4.79 Å². The highest BCUT2D eigenvalue weighted by molar-refractivity contribution is 5.81. The maximum atomic E-state index is 11.8. The number of nitrogens with one attached hydrogen (secondary N) is 2. The SMILES string of the molecule is CCNC(=O)CN(CC)c1nc(C)nc(NCC)c1C. The van der Waals surface area contributed by atoms with Gasteiger partial charge in [0.15, 0.2) is 0 Å². The van der Waals surface area contributed by atoms with Gasteiger partial charge < -0.3 is 15.5 Å². The van der Waals surface area contributed by atoms with Crippen LogP contribution >= 0.6 is 0 Å². The lowest BCUT2D eigenvalue weighted by atomic mass is 10.2. The summed E-state index contributed by atoms with van der Waals surface area (Å²) in [5.41, 5.74) is 0.976. The molecule has 1 amide bonds. The van der Waals surface area contributed by atoms with Crippen LogP contribution in [0.15, 0.2) is 0 Å². The molecule has 2 N–H and O–H groups in total. The molecule has 0 aliphatic heterocycles. The molecular formula is C14H25N5O. The minimum atomic E-state index is 0.00927. The lowest BCUT2D eigenvalue weighted by molar-refractivity contribution is -0.119. The second-order valence-electron chi connectivity index (χ2n) is 4.57. The maximum Gasteiger partial charge on any atom is 0.239 e. The molecule has 0 saturated heterocycles. The molecule has 0 unspecified atom stereocenters. The van der Waals surface area contributed by atoms with E-state index in [0.29, 0.717) is 18.9 Å². The standard InChI is InChI=1S/C14H25N5O/c1-6-15-12(20)9-19(8-3)14-10(4)13(16-7-2)17-11(5)18-14/h6-9H2,1-5H3,(H,15,20)(H,16,17,18). The number of hydrogen-bond acceptors (Lipinski definition) is 5. The number of hydrogen-bond donors (Lipinski definition) is 2. The van der Waals surface area contributed by atoms with Gasteiger partial charge in [-0.05, 0) is 34.6 Å². The van der Waals surface area contributed by atoms with Gasteiger partial charge in [0.1, 0.15) is 17.5 Å². The van der Waals surface area contributed by atoms with Gasteiger partial charge in [-0.15, -0.1) is 0 Å². The third-order valence-electron chi connectivity index (χ3n) is 2.97. The third-order valence-corrected chi connectivity index (χ3v) is 2.97. The molecule has 1 rings (SSSR count). The third kappa shape index (κ3) is 4.08. The first-order valence-electron chi connectivity index (χ1n) is 7.14. The Morgan fingerprint density at radius 3 is 2.40 bits per heavy atom. The Morgan fingerprint density at radius 1 is 1.15 bits per heavy atom. The van der Waals surface area contributed by atoms with Crippen LogP contribution in [-0.4, -0.2) is 42.1 Å². The Labute approximate surface area is 121 Å². The average Bonchev–Trinajstić information content (AvgIpc) is 2.40. The lowest BCUT2D eigenvalue weighted by Gasteiger charge is -2.24. The van der Waals surface area contributed by atoms with E-state index in [-0.39, 0.29) is 5.91 Å². The molecule has 0 saturated carbocycles. The molecule has 0 aromatic carbocycles. The number of likely N-dealkylation sites (N-methyl/N-ethyl adjacent to an activating group) is 2. The molecule has 1 aromatic heterocycles. The van der Waals surface area contributed by atoms with Crippen molar-refractivity contribution in [2.24, 2.45) is 0 Å². The summed E-state index contributed by atoms with van der Waals surface area (Å²) in [5, 5.41) is 6.05. The molecule has 6 heteroatoms. The fourth-order valence-electron chi connectivity index (χ4n) is 2.02. The van der Waals surface area contributed by atoms with E-state index in [1.807, 2.05) is 39.5 Å². The highest BCUT2D eigenvalue weighted by atomic mass is 16.2. The molecule has 0 atom stereocenters. The maximum absolute atomic E-state index is 11.8. The fraction of sp³-hybridized carbons (Fsp3) is 0.643. The number of amides is 1. The number of aromatic nitrogens is 2. The van der Waals surface area contributed by atoms with E-state index in [1.165, 1.54) is 0 Å². The van der Waals surface area contributed by atoms with Crippen LogP contribution in [0.2, 0.25) is 0 Å². The molecule has 1 heterocycles. The van der Waals surface area contributed by atoms with Crippen LogP contribution in [0.4, 0.5) is 11.6 Å². The van der Waals surface area contributed by atoms with Gasteiger partial charge in [0.25, 0.3) is 0 Å². The number of carbonyl (C=O) groups is 1. The normalized spacial score (nSPS) is 10.2. The number of carbonyl (C=O) groups excluding carboxylic acids is 1. The summed E-state index contributed by atoms with van der Waals surface area (Å²) in [6.07, 6.45) is 0. The van der Waals surface area contributed by atoms with E-state index in [4.69, 9.17) is 0 Å². The van der Waals surface area contributed by atoms with Gasteiger partial charge in [-0.3, -0.25) is 4.79 Å². The Morgan fingerprint density at radius 2 is 1.85 bits per heavy atom. The first-order valence-corrected chi connectivity index (χ1v) is 7.14. The van der Waals surface area contributed by atoms with Crippen molar-refractivity contribution >= 4 is 17.5 Å². The van der Waals surface area contributed by atoms with Crippen molar-refractivity contribution in [1.82, 2.24) is 15.3 Å². The zero-order valence-corrected chi connectivity index (χ0v) is 13.1. The predicted octanol–water partition coefficient (Wildman–Crippen LogP) is 1.49. The van der Waals surface area contributed by atoms with E-state index in [0.717, 1.165) is 30.3 Å². The largest absolute Gasteiger partial charge is 0.370 e. The van der Waals surface area contributed by atoms with Crippen molar-refractivity contribution < 1.29 is 4.79 Å². The zero-order valence-electron chi connectivity index (χ0n) is 13.1. The number of aryl methyl sites for hydroxylation is 1. The van der Waals surface area contributed by atoms with Gasteiger partial charge >= 0.3 is 0 Å². The summed E-state index contributed by atoms with van der Waals surface area (Å²) in [5.74, 6) is 2.37. The van der Waals surface area contributed by atoms with Gasteiger partial charge in [-0.2, -0.15) is 0 Å². The summed E-state index contributed by atoms with van der Waals surface area (Å²) in [6.45, 7) is 12.3. The van der Waals surface area contributed by atoms with E-state index in [2.05, 4.69) is 20.6 Å².